The summed E-state index contributed by atoms with van der Waals surface area (Å²) in [6.07, 6.45) is 0. The number of nitrogens with one attached hydrogen (secondary N) is 2. The summed E-state index contributed by atoms with van der Waals surface area (Å²) >= 11 is 12.6. The molecule has 0 aliphatic carbocycles. The lowest BCUT2D eigenvalue weighted by molar-refractivity contribution is 0.600. The summed E-state index contributed by atoms with van der Waals surface area (Å²) in [5.74, 6) is -0.0451. The van der Waals surface area contributed by atoms with Crippen molar-refractivity contribution in [3.05, 3.63) is 56.5 Å². The van der Waals surface area contributed by atoms with E-state index in [2.05, 4.69) is 19.4 Å². The van der Waals surface area contributed by atoms with Crippen molar-refractivity contribution >= 4 is 66.2 Å². The molecule has 2 heterocycles. The van der Waals surface area contributed by atoms with Gasteiger partial charge >= 0.3 is 0 Å². The Bertz CT molecular complexity index is 1250. The maximum Gasteiger partial charge on any atom is 0.264 e. The van der Waals surface area contributed by atoms with Crippen LogP contribution < -0.4 is 9.44 Å². The van der Waals surface area contributed by atoms with Gasteiger partial charge in [0, 0.05) is 17.1 Å². The Balaban J connectivity index is 1.81. The molecule has 13 heteroatoms. The smallest absolute Gasteiger partial charge is 0.264 e. The highest BCUT2D eigenvalue weighted by molar-refractivity contribution is 7.93. The molecule has 154 valence electrons. The summed E-state index contributed by atoms with van der Waals surface area (Å²) in [6.45, 7) is 3.45. The van der Waals surface area contributed by atoms with Crippen LogP contribution in [0, 0.1) is 13.8 Å². The van der Waals surface area contributed by atoms with Crippen molar-refractivity contribution in [1.82, 2.24) is 9.97 Å². The van der Waals surface area contributed by atoms with Crippen LogP contribution in [0.4, 0.5) is 11.6 Å². The zero-order chi connectivity index (χ0) is 21.4. The molecule has 0 atom stereocenters. The lowest BCUT2D eigenvalue weighted by Gasteiger charge is -2.10. The van der Waals surface area contributed by atoms with E-state index in [4.69, 9.17) is 23.2 Å². The molecule has 0 aliphatic heterocycles. The van der Waals surface area contributed by atoms with Gasteiger partial charge in [-0.25, -0.2) is 31.5 Å². The third-order valence-corrected chi connectivity index (χ3v) is 8.02. The first-order chi connectivity index (χ1) is 13.5. The van der Waals surface area contributed by atoms with Crippen LogP contribution in [-0.2, 0) is 20.0 Å². The monoisotopic (exact) mass is 492 g/mol. The minimum atomic E-state index is -3.97. The highest BCUT2D eigenvalue weighted by Crippen LogP contribution is 2.35. The molecule has 29 heavy (non-hydrogen) atoms. The molecular weight excluding hydrogens is 479 g/mol. The Hall–Kier alpha value is -1.92. The van der Waals surface area contributed by atoms with E-state index in [0.29, 0.717) is 11.4 Å². The first-order valence-corrected chi connectivity index (χ1v) is 12.4. The second-order valence-electron chi connectivity index (χ2n) is 5.90. The van der Waals surface area contributed by atoms with Gasteiger partial charge < -0.3 is 0 Å². The number of nitrogens with zero attached hydrogens (tertiary/aromatic N) is 2. The number of halogens is 2. The fourth-order valence-electron chi connectivity index (χ4n) is 2.37. The lowest BCUT2D eigenvalue weighted by Crippen LogP contribution is -2.16. The summed E-state index contributed by atoms with van der Waals surface area (Å²) in [5.41, 5.74) is 1.39. The molecule has 0 saturated heterocycles. The molecule has 0 fully saturated rings. The van der Waals surface area contributed by atoms with E-state index in [1.54, 1.807) is 19.9 Å². The number of aromatic nitrogens is 2. The van der Waals surface area contributed by atoms with E-state index in [1.807, 2.05) is 0 Å². The van der Waals surface area contributed by atoms with Gasteiger partial charge in [-0.3, -0.25) is 4.72 Å². The van der Waals surface area contributed by atoms with Crippen molar-refractivity contribution in [3.8, 4) is 0 Å². The van der Waals surface area contributed by atoms with Gasteiger partial charge in [-0.05, 0) is 50.2 Å². The molecular formula is C16H14Cl2N4O4S3. The summed E-state index contributed by atoms with van der Waals surface area (Å²) < 4.78 is 54.8. The van der Waals surface area contributed by atoms with Crippen molar-refractivity contribution in [2.75, 3.05) is 9.44 Å². The van der Waals surface area contributed by atoms with Gasteiger partial charge in [0.1, 0.15) is 9.23 Å². The molecule has 0 unspecified atom stereocenters. The molecule has 0 bridgehead atoms. The zero-order valence-electron chi connectivity index (χ0n) is 15.0. The molecule has 0 radical (unpaired) electrons. The van der Waals surface area contributed by atoms with E-state index in [9.17, 15) is 16.8 Å². The van der Waals surface area contributed by atoms with Gasteiger partial charge in [-0.1, -0.05) is 23.2 Å². The van der Waals surface area contributed by atoms with Crippen LogP contribution in [0.5, 0.6) is 0 Å². The molecule has 2 N–H and O–H groups in total. The number of benzene rings is 1. The fourth-order valence-corrected chi connectivity index (χ4v) is 6.52. The zero-order valence-corrected chi connectivity index (χ0v) is 18.9. The van der Waals surface area contributed by atoms with E-state index in [-0.39, 0.29) is 30.1 Å². The number of sulfonamides is 2. The average molecular weight is 493 g/mol. The van der Waals surface area contributed by atoms with Crippen LogP contribution in [0.15, 0.2) is 46.2 Å². The number of thiophene rings is 1. The minimum absolute atomic E-state index is 0.0272. The van der Waals surface area contributed by atoms with Crippen molar-refractivity contribution in [3.63, 3.8) is 0 Å². The van der Waals surface area contributed by atoms with Gasteiger partial charge in [0.2, 0.25) is 5.95 Å². The molecule has 3 aromatic rings. The number of aryl methyl sites for hydroxylation is 2. The SMILES string of the molecule is Cc1cc(C)nc(NS(=O)(=O)c2ccc(NS(=O)(=O)c3cc(Cl)sc3Cl)cc2)n1. The Kier molecular flexibility index (Phi) is 6.06. The summed E-state index contributed by atoms with van der Waals surface area (Å²) in [5, 5.41) is 0. The van der Waals surface area contributed by atoms with E-state index >= 15 is 0 Å². The van der Waals surface area contributed by atoms with E-state index < -0.39 is 20.0 Å². The Morgan fingerprint density at radius 1 is 0.862 bits per heavy atom. The highest BCUT2D eigenvalue weighted by atomic mass is 35.5. The topological polar surface area (TPSA) is 118 Å². The molecule has 0 spiro atoms. The summed E-state index contributed by atoms with van der Waals surface area (Å²) in [6, 6.07) is 8.10. The van der Waals surface area contributed by atoms with E-state index in [0.717, 1.165) is 11.3 Å². The van der Waals surface area contributed by atoms with Crippen molar-refractivity contribution < 1.29 is 16.8 Å². The molecule has 0 amide bonds. The van der Waals surface area contributed by atoms with E-state index in [1.165, 1.54) is 30.3 Å². The van der Waals surface area contributed by atoms with Crippen LogP contribution in [0.2, 0.25) is 8.67 Å². The summed E-state index contributed by atoms with van der Waals surface area (Å²) in [7, 11) is -7.92. The standard InChI is InChI=1S/C16H14Cl2N4O4S3/c1-9-7-10(2)20-16(19-9)22-28(23,24)12-5-3-11(4-6-12)21-29(25,26)13-8-14(17)27-15(13)18/h3-8,21H,1-2H3,(H,19,20,22). The quantitative estimate of drug-likeness (QED) is 0.535. The first kappa shape index (κ1) is 21.8. The van der Waals surface area contributed by atoms with Crippen LogP contribution in [0.3, 0.4) is 0 Å². The number of rotatable bonds is 6. The normalized spacial score (nSPS) is 12.0. The Morgan fingerprint density at radius 3 is 1.97 bits per heavy atom. The predicted molar refractivity (Wildman–Crippen MR) is 114 cm³/mol. The van der Waals surface area contributed by atoms with Gasteiger partial charge in [0.25, 0.3) is 20.0 Å². The number of hydrogen-bond donors (Lipinski definition) is 2. The molecule has 8 nitrogen and oxygen atoms in total. The lowest BCUT2D eigenvalue weighted by atomic mass is 10.3. The third kappa shape index (κ3) is 5.17. The Morgan fingerprint density at radius 2 is 1.45 bits per heavy atom. The van der Waals surface area contributed by atoms with Crippen molar-refractivity contribution in [2.45, 2.75) is 23.6 Å². The largest absolute Gasteiger partial charge is 0.280 e. The molecule has 3 rings (SSSR count). The molecule has 0 aliphatic rings. The Labute approximate surface area is 182 Å². The van der Waals surface area contributed by atoms with Crippen molar-refractivity contribution in [2.24, 2.45) is 0 Å². The van der Waals surface area contributed by atoms with Crippen LogP contribution in [-0.4, -0.2) is 26.8 Å². The van der Waals surface area contributed by atoms with Crippen LogP contribution in [0.1, 0.15) is 11.4 Å². The second kappa shape index (κ2) is 8.07. The highest BCUT2D eigenvalue weighted by Gasteiger charge is 2.22. The van der Waals surface area contributed by atoms with Crippen LogP contribution >= 0.6 is 34.5 Å². The van der Waals surface area contributed by atoms with Gasteiger partial charge in [0.05, 0.1) is 9.23 Å². The van der Waals surface area contributed by atoms with Crippen LogP contribution in [0.25, 0.3) is 0 Å². The fraction of sp³-hybridized carbons (Fsp3) is 0.125. The maximum atomic E-state index is 12.5. The predicted octanol–water partition coefficient (Wildman–Crippen LogP) is 4.06. The number of hydrogen-bond acceptors (Lipinski definition) is 7. The third-order valence-electron chi connectivity index (χ3n) is 3.54. The minimum Gasteiger partial charge on any atom is -0.280 e. The first-order valence-electron chi connectivity index (χ1n) is 7.89. The van der Waals surface area contributed by atoms with Gasteiger partial charge in [-0.2, -0.15) is 0 Å². The molecule has 1 aromatic carbocycles. The van der Waals surface area contributed by atoms with Gasteiger partial charge in [0.15, 0.2) is 0 Å². The van der Waals surface area contributed by atoms with Gasteiger partial charge in [-0.15, -0.1) is 11.3 Å². The molecule has 2 aromatic heterocycles. The summed E-state index contributed by atoms with van der Waals surface area (Å²) in [4.78, 5) is 7.84. The number of anilines is 2. The average Bonchev–Trinajstić information content (AvgIpc) is 2.93. The molecule has 0 saturated carbocycles. The maximum absolute atomic E-state index is 12.5. The van der Waals surface area contributed by atoms with Crippen molar-refractivity contribution in [1.29, 1.82) is 0 Å². The second-order valence-corrected chi connectivity index (χ2v) is 11.5.